The zero-order chi connectivity index (χ0) is 33.4. The molecule has 0 aromatic heterocycles. The molecule has 1 atom stereocenters. The predicted octanol–water partition coefficient (Wildman–Crippen LogP) is 7.56. The van der Waals surface area contributed by atoms with E-state index >= 15 is 0 Å². The van der Waals surface area contributed by atoms with E-state index in [4.69, 9.17) is 34.8 Å². The van der Waals surface area contributed by atoms with E-state index in [1.807, 2.05) is 44.2 Å². The molecule has 242 valence electrons. The number of amides is 2. The number of anilines is 1. The Bertz CT molecular complexity index is 1770. The van der Waals surface area contributed by atoms with Crippen LogP contribution in [0.4, 0.5) is 5.69 Å². The van der Waals surface area contributed by atoms with E-state index in [2.05, 4.69) is 5.32 Å². The van der Waals surface area contributed by atoms with Gasteiger partial charge in [-0.15, -0.1) is 0 Å². The summed E-state index contributed by atoms with van der Waals surface area (Å²) >= 11 is 19.2. The van der Waals surface area contributed by atoms with Crippen LogP contribution >= 0.6 is 34.8 Å². The summed E-state index contributed by atoms with van der Waals surface area (Å²) in [6, 6.07) is 26.0. The highest BCUT2D eigenvalue weighted by Crippen LogP contribution is 2.32. The van der Waals surface area contributed by atoms with Crippen LogP contribution < -0.4 is 9.62 Å². The van der Waals surface area contributed by atoms with E-state index in [0.29, 0.717) is 32.7 Å². The topological polar surface area (TPSA) is 86.8 Å². The summed E-state index contributed by atoms with van der Waals surface area (Å²) < 4.78 is 29.4. The molecular weight excluding hydrogens is 665 g/mol. The third kappa shape index (κ3) is 8.82. The molecule has 4 rings (SSSR count). The molecule has 0 heterocycles. The average Bonchev–Trinajstić information content (AvgIpc) is 3.03. The lowest BCUT2D eigenvalue weighted by molar-refractivity contribution is -0.140. The molecule has 0 aliphatic carbocycles. The monoisotopic (exact) mass is 699 g/mol. The Kier molecular flexibility index (Phi) is 12.1. The van der Waals surface area contributed by atoms with Crippen LogP contribution in [0.2, 0.25) is 15.1 Å². The second-order valence-corrected chi connectivity index (χ2v) is 14.4. The molecule has 0 radical (unpaired) electrons. The minimum absolute atomic E-state index is 0.00461. The Morgan fingerprint density at radius 3 is 2.11 bits per heavy atom. The van der Waals surface area contributed by atoms with Gasteiger partial charge in [-0.2, -0.15) is 0 Å². The fourth-order valence-corrected chi connectivity index (χ4v) is 7.04. The van der Waals surface area contributed by atoms with Crippen molar-refractivity contribution in [1.82, 2.24) is 10.2 Å². The summed E-state index contributed by atoms with van der Waals surface area (Å²) in [5.74, 6) is -0.814. The van der Waals surface area contributed by atoms with Crippen molar-refractivity contribution in [1.29, 1.82) is 0 Å². The van der Waals surface area contributed by atoms with Crippen molar-refractivity contribution in [3.8, 4) is 0 Å². The van der Waals surface area contributed by atoms with Crippen molar-refractivity contribution in [2.75, 3.05) is 17.4 Å². The second kappa shape index (κ2) is 15.8. The quantitative estimate of drug-likeness (QED) is 0.156. The SMILES string of the molecule is Cc1c(Cl)cccc1N(CC(=O)N(Cc1ccc(Cl)cc1Cl)C(Cc1ccccc1)C(=O)NCC(C)C)S(=O)(=O)c1ccccc1. The maximum absolute atomic E-state index is 14.6. The highest BCUT2D eigenvalue weighted by atomic mass is 35.5. The third-order valence-electron chi connectivity index (χ3n) is 7.43. The van der Waals surface area contributed by atoms with Crippen LogP contribution in [0.1, 0.15) is 30.5 Å². The largest absolute Gasteiger partial charge is 0.354 e. The lowest BCUT2D eigenvalue weighted by Crippen LogP contribution is -2.53. The maximum atomic E-state index is 14.6. The predicted molar refractivity (Wildman–Crippen MR) is 186 cm³/mol. The van der Waals surface area contributed by atoms with E-state index < -0.39 is 28.5 Å². The van der Waals surface area contributed by atoms with Gasteiger partial charge in [-0.3, -0.25) is 13.9 Å². The zero-order valence-electron chi connectivity index (χ0n) is 25.8. The van der Waals surface area contributed by atoms with Gasteiger partial charge in [0.05, 0.1) is 10.6 Å². The Morgan fingerprint density at radius 1 is 0.826 bits per heavy atom. The number of rotatable bonds is 13. The van der Waals surface area contributed by atoms with Gasteiger partial charge in [-0.1, -0.05) is 109 Å². The Balaban J connectivity index is 1.84. The first-order valence-electron chi connectivity index (χ1n) is 14.8. The second-order valence-electron chi connectivity index (χ2n) is 11.3. The fourth-order valence-electron chi connectivity index (χ4n) is 4.91. The molecule has 0 aliphatic rings. The number of nitrogens with zero attached hydrogens (tertiary/aromatic N) is 2. The van der Waals surface area contributed by atoms with Crippen LogP contribution in [0.25, 0.3) is 0 Å². The lowest BCUT2D eigenvalue weighted by atomic mass is 10.0. The Morgan fingerprint density at radius 2 is 1.48 bits per heavy atom. The van der Waals surface area contributed by atoms with E-state index in [1.165, 1.54) is 17.0 Å². The zero-order valence-corrected chi connectivity index (χ0v) is 28.9. The number of carbonyl (C=O) groups excluding carboxylic acids is 2. The molecule has 7 nitrogen and oxygen atoms in total. The van der Waals surface area contributed by atoms with Crippen molar-refractivity contribution in [2.45, 2.75) is 44.7 Å². The summed E-state index contributed by atoms with van der Waals surface area (Å²) in [5, 5.41) is 4.04. The first kappa shape index (κ1) is 35.3. The number of nitrogens with one attached hydrogen (secondary N) is 1. The van der Waals surface area contributed by atoms with Crippen molar-refractivity contribution in [2.24, 2.45) is 5.92 Å². The number of hydrogen-bond acceptors (Lipinski definition) is 4. The fraction of sp³-hybridized carbons (Fsp3) is 0.257. The van der Waals surface area contributed by atoms with Gasteiger partial charge in [0.1, 0.15) is 12.6 Å². The number of sulfonamides is 1. The van der Waals surface area contributed by atoms with Gasteiger partial charge >= 0.3 is 0 Å². The molecule has 0 fully saturated rings. The standard InChI is InChI=1S/C35H36Cl3N3O4S/c1-24(2)21-39-35(43)33(19-26-11-6-4-7-12-26)40(22-27-17-18-28(36)20-31(27)38)34(42)23-41(32-16-10-15-30(37)25(32)3)46(44,45)29-13-8-5-9-14-29/h4-18,20,24,33H,19,21-23H2,1-3H3,(H,39,43). The molecule has 0 saturated heterocycles. The van der Waals surface area contributed by atoms with Gasteiger partial charge in [-0.05, 0) is 65.9 Å². The van der Waals surface area contributed by atoms with Gasteiger partial charge in [0.2, 0.25) is 11.8 Å². The normalized spacial score (nSPS) is 12.1. The van der Waals surface area contributed by atoms with Gasteiger partial charge in [0.15, 0.2) is 0 Å². The van der Waals surface area contributed by atoms with Gasteiger partial charge in [0, 0.05) is 34.6 Å². The first-order valence-corrected chi connectivity index (χ1v) is 17.3. The van der Waals surface area contributed by atoms with Crippen LogP contribution in [0.5, 0.6) is 0 Å². The molecule has 0 aliphatic heterocycles. The summed E-state index contributed by atoms with van der Waals surface area (Å²) in [5.41, 5.74) is 2.11. The molecule has 0 bridgehead atoms. The van der Waals surface area contributed by atoms with Crippen LogP contribution in [-0.2, 0) is 32.6 Å². The highest BCUT2D eigenvalue weighted by molar-refractivity contribution is 7.92. The molecular formula is C35H36Cl3N3O4S. The summed E-state index contributed by atoms with van der Waals surface area (Å²) in [4.78, 5) is 29.9. The molecule has 0 saturated carbocycles. The van der Waals surface area contributed by atoms with Crippen LogP contribution in [0.15, 0.2) is 102 Å². The maximum Gasteiger partial charge on any atom is 0.264 e. The van der Waals surface area contributed by atoms with Gasteiger partial charge < -0.3 is 10.2 Å². The molecule has 11 heteroatoms. The molecule has 1 unspecified atom stereocenters. The molecule has 2 amide bonds. The van der Waals surface area contributed by atoms with E-state index in [-0.39, 0.29) is 35.4 Å². The molecule has 4 aromatic rings. The summed E-state index contributed by atoms with van der Waals surface area (Å²) in [6.07, 6.45) is 0.184. The third-order valence-corrected chi connectivity index (χ3v) is 10.2. The molecule has 46 heavy (non-hydrogen) atoms. The minimum atomic E-state index is -4.25. The minimum Gasteiger partial charge on any atom is -0.354 e. The number of benzene rings is 4. The van der Waals surface area contributed by atoms with Gasteiger partial charge in [0.25, 0.3) is 10.0 Å². The van der Waals surface area contributed by atoms with Crippen molar-refractivity contribution < 1.29 is 18.0 Å². The summed E-state index contributed by atoms with van der Waals surface area (Å²) in [6.45, 7) is 5.36. The van der Waals surface area contributed by atoms with Gasteiger partial charge in [-0.25, -0.2) is 8.42 Å². The van der Waals surface area contributed by atoms with Crippen molar-refractivity contribution in [3.05, 3.63) is 129 Å². The van der Waals surface area contributed by atoms with E-state index in [0.717, 1.165) is 9.87 Å². The van der Waals surface area contributed by atoms with Crippen LogP contribution in [0, 0.1) is 12.8 Å². The Hall–Kier alpha value is -3.56. The van der Waals surface area contributed by atoms with Crippen molar-refractivity contribution >= 4 is 62.3 Å². The number of hydrogen-bond donors (Lipinski definition) is 1. The highest BCUT2D eigenvalue weighted by Gasteiger charge is 2.35. The number of carbonyl (C=O) groups is 2. The van der Waals surface area contributed by atoms with Crippen LogP contribution in [-0.4, -0.2) is 44.3 Å². The number of halogens is 3. The van der Waals surface area contributed by atoms with E-state index in [9.17, 15) is 18.0 Å². The van der Waals surface area contributed by atoms with E-state index in [1.54, 1.807) is 61.5 Å². The van der Waals surface area contributed by atoms with Crippen LogP contribution in [0.3, 0.4) is 0 Å². The van der Waals surface area contributed by atoms with Crippen molar-refractivity contribution in [3.63, 3.8) is 0 Å². The smallest absolute Gasteiger partial charge is 0.264 e. The first-order chi connectivity index (χ1) is 21.9. The molecule has 4 aromatic carbocycles. The average molecular weight is 701 g/mol. The summed E-state index contributed by atoms with van der Waals surface area (Å²) in [7, 11) is -4.25. The lowest BCUT2D eigenvalue weighted by Gasteiger charge is -2.34. The Labute approximate surface area is 286 Å². The molecule has 1 N–H and O–H groups in total. The molecule has 0 spiro atoms.